The zero-order valence-electron chi connectivity index (χ0n) is 19.6. The third-order valence-corrected chi connectivity index (χ3v) is 5.54. The fraction of sp³-hybridized carbons (Fsp3) is 0.500. The van der Waals surface area contributed by atoms with Crippen molar-refractivity contribution < 1.29 is 9.13 Å². The summed E-state index contributed by atoms with van der Waals surface area (Å²) in [6.07, 6.45) is 2.02. The number of halogens is 1. The van der Waals surface area contributed by atoms with Gasteiger partial charge < -0.3 is 20.3 Å². The Hall–Kier alpha value is -2.87. The molecule has 1 fully saturated rings. The SMILES string of the molecule is CCNC(=NCc1cccc(N(C)C)n1)NC1CCN(Cc2ccc(OC)c(F)c2)CC1. The quantitative estimate of drug-likeness (QED) is 0.484. The first-order chi connectivity index (χ1) is 15.5. The summed E-state index contributed by atoms with van der Waals surface area (Å²) in [5, 5.41) is 6.91. The summed E-state index contributed by atoms with van der Waals surface area (Å²) >= 11 is 0. The van der Waals surface area contributed by atoms with Crippen LogP contribution in [0, 0.1) is 5.82 Å². The lowest BCUT2D eigenvalue weighted by atomic mass is 10.0. The summed E-state index contributed by atoms with van der Waals surface area (Å²) in [5.74, 6) is 1.73. The van der Waals surface area contributed by atoms with Crippen LogP contribution < -0.4 is 20.3 Å². The van der Waals surface area contributed by atoms with Crippen LogP contribution in [0.3, 0.4) is 0 Å². The number of piperidine rings is 1. The number of nitrogens with zero attached hydrogens (tertiary/aromatic N) is 4. The molecular formula is C24H35FN6O. The number of methoxy groups -OCH3 is 1. The number of hydrogen-bond acceptors (Lipinski definition) is 5. The average molecular weight is 443 g/mol. The molecule has 1 aliphatic heterocycles. The lowest BCUT2D eigenvalue weighted by molar-refractivity contribution is 0.198. The number of nitrogens with one attached hydrogen (secondary N) is 2. The summed E-state index contributed by atoms with van der Waals surface area (Å²) in [5.41, 5.74) is 1.91. The molecule has 32 heavy (non-hydrogen) atoms. The summed E-state index contributed by atoms with van der Waals surface area (Å²) in [6.45, 7) is 6.06. The van der Waals surface area contributed by atoms with Crippen molar-refractivity contribution in [3.05, 3.63) is 53.5 Å². The number of ether oxygens (including phenoxy) is 1. The van der Waals surface area contributed by atoms with Crippen LogP contribution in [0.1, 0.15) is 31.0 Å². The van der Waals surface area contributed by atoms with E-state index in [2.05, 4.69) is 27.4 Å². The number of anilines is 1. The molecule has 8 heteroatoms. The predicted octanol–water partition coefficient (Wildman–Crippen LogP) is 3.02. The molecule has 0 spiro atoms. The molecule has 2 aromatic rings. The molecule has 0 aliphatic carbocycles. The number of likely N-dealkylation sites (tertiary alicyclic amines) is 1. The number of pyridine rings is 1. The van der Waals surface area contributed by atoms with E-state index in [1.165, 1.54) is 7.11 Å². The minimum atomic E-state index is -0.307. The van der Waals surface area contributed by atoms with Crippen molar-refractivity contribution in [3.63, 3.8) is 0 Å². The van der Waals surface area contributed by atoms with Gasteiger partial charge in [-0.1, -0.05) is 12.1 Å². The molecule has 0 radical (unpaired) electrons. The molecule has 0 unspecified atom stereocenters. The molecular weight excluding hydrogens is 407 g/mol. The lowest BCUT2D eigenvalue weighted by Gasteiger charge is -2.33. The molecule has 0 atom stereocenters. The second-order valence-corrected chi connectivity index (χ2v) is 8.24. The van der Waals surface area contributed by atoms with Crippen LogP contribution in [0.25, 0.3) is 0 Å². The Morgan fingerprint density at radius 1 is 1.25 bits per heavy atom. The van der Waals surface area contributed by atoms with Gasteiger partial charge in [0.2, 0.25) is 0 Å². The fourth-order valence-electron chi connectivity index (χ4n) is 3.78. The molecule has 0 bridgehead atoms. The molecule has 2 heterocycles. The van der Waals surface area contributed by atoms with Gasteiger partial charge in [-0.25, -0.2) is 14.4 Å². The van der Waals surface area contributed by atoms with Crippen LogP contribution in [0.5, 0.6) is 5.75 Å². The summed E-state index contributed by atoms with van der Waals surface area (Å²) < 4.78 is 19.0. The van der Waals surface area contributed by atoms with Crippen LogP contribution in [-0.2, 0) is 13.1 Å². The Balaban J connectivity index is 1.52. The molecule has 7 nitrogen and oxygen atoms in total. The number of guanidine groups is 1. The van der Waals surface area contributed by atoms with E-state index in [1.807, 2.05) is 43.3 Å². The fourth-order valence-corrected chi connectivity index (χ4v) is 3.78. The highest BCUT2D eigenvalue weighted by Crippen LogP contribution is 2.20. The normalized spacial score (nSPS) is 15.5. The van der Waals surface area contributed by atoms with Crippen LogP contribution in [0.2, 0.25) is 0 Å². The largest absolute Gasteiger partial charge is 0.494 e. The van der Waals surface area contributed by atoms with E-state index in [1.54, 1.807) is 12.1 Å². The van der Waals surface area contributed by atoms with Crippen molar-refractivity contribution in [3.8, 4) is 5.75 Å². The maximum atomic E-state index is 14.0. The smallest absolute Gasteiger partial charge is 0.191 e. The third kappa shape index (κ3) is 6.82. The number of benzene rings is 1. The van der Waals surface area contributed by atoms with Crippen molar-refractivity contribution in [2.75, 3.05) is 45.7 Å². The first-order valence-electron chi connectivity index (χ1n) is 11.2. The van der Waals surface area contributed by atoms with E-state index < -0.39 is 0 Å². The van der Waals surface area contributed by atoms with Crippen LogP contribution >= 0.6 is 0 Å². The minimum Gasteiger partial charge on any atom is -0.494 e. The van der Waals surface area contributed by atoms with E-state index in [0.717, 1.165) is 62.1 Å². The van der Waals surface area contributed by atoms with Crippen molar-refractivity contribution in [1.82, 2.24) is 20.5 Å². The standard InChI is InChI=1S/C24H35FN6O/c1-5-26-24(27-16-20-7-6-8-23(28-20)30(2)3)29-19-11-13-31(14-12-19)17-18-9-10-22(32-4)21(25)15-18/h6-10,15,19H,5,11-14,16-17H2,1-4H3,(H2,26,27,29). The summed E-state index contributed by atoms with van der Waals surface area (Å²) in [7, 11) is 5.45. The molecule has 1 aromatic carbocycles. The maximum Gasteiger partial charge on any atom is 0.191 e. The molecule has 1 saturated heterocycles. The first-order valence-corrected chi connectivity index (χ1v) is 11.2. The number of aromatic nitrogens is 1. The predicted molar refractivity (Wildman–Crippen MR) is 128 cm³/mol. The van der Waals surface area contributed by atoms with Gasteiger partial charge in [-0.15, -0.1) is 0 Å². The highest BCUT2D eigenvalue weighted by molar-refractivity contribution is 5.80. The van der Waals surface area contributed by atoms with Crippen molar-refractivity contribution in [1.29, 1.82) is 0 Å². The van der Waals surface area contributed by atoms with Gasteiger partial charge in [-0.2, -0.15) is 0 Å². The number of aliphatic imine (C=N–C) groups is 1. The van der Waals surface area contributed by atoms with E-state index in [-0.39, 0.29) is 11.6 Å². The molecule has 0 amide bonds. The van der Waals surface area contributed by atoms with Gasteiger partial charge in [0.05, 0.1) is 19.3 Å². The van der Waals surface area contributed by atoms with Gasteiger partial charge in [0.25, 0.3) is 0 Å². The maximum absolute atomic E-state index is 14.0. The third-order valence-electron chi connectivity index (χ3n) is 5.54. The van der Waals surface area contributed by atoms with Gasteiger partial charge in [0.1, 0.15) is 5.82 Å². The zero-order valence-corrected chi connectivity index (χ0v) is 19.6. The van der Waals surface area contributed by atoms with E-state index in [9.17, 15) is 4.39 Å². The Morgan fingerprint density at radius 3 is 2.69 bits per heavy atom. The molecule has 1 aliphatic rings. The number of hydrogen-bond donors (Lipinski definition) is 2. The van der Waals surface area contributed by atoms with Crippen LogP contribution in [0.4, 0.5) is 10.2 Å². The molecule has 2 N–H and O–H groups in total. The van der Waals surface area contributed by atoms with Crippen LogP contribution in [0.15, 0.2) is 41.4 Å². The molecule has 3 rings (SSSR count). The van der Waals surface area contributed by atoms with Gasteiger partial charge in [-0.3, -0.25) is 4.90 Å². The van der Waals surface area contributed by atoms with Crippen LogP contribution in [-0.4, -0.2) is 62.7 Å². The lowest BCUT2D eigenvalue weighted by Crippen LogP contribution is -2.48. The zero-order chi connectivity index (χ0) is 22.9. The number of rotatable bonds is 8. The second kappa shape index (κ2) is 11.7. The average Bonchev–Trinajstić information content (AvgIpc) is 2.79. The van der Waals surface area contributed by atoms with Crippen molar-refractivity contribution >= 4 is 11.8 Å². The Bertz CT molecular complexity index is 896. The van der Waals surface area contributed by atoms with Crippen molar-refractivity contribution in [2.24, 2.45) is 4.99 Å². The van der Waals surface area contributed by atoms with E-state index in [4.69, 9.17) is 9.73 Å². The highest BCUT2D eigenvalue weighted by Gasteiger charge is 2.20. The Kier molecular flexibility index (Phi) is 8.67. The Morgan fingerprint density at radius 2 is 2.03 bits per heavy atom. The van der Waals surface area contributed by atoms with Gasteiger partial charge in [-0.05, 0) is 49.6 Å². The second-order valence-electron chi connectivity index (χ2n) is 8.24. The summed E-state index contributed by atoms with van der Waals surface area (Å²) in [6, 6.07) is 11.6. The van der Waals surface area contributed by atoms with E-state index in [0.29, 0.717) is 12.6 Å². The first kappa shape index (κ1) is 23.8. The molecule has 0 saturated carbocycles. The highest BCUT2D eigenvalue weighted by atomic mass is 19.1. The van der Waals surface area contributed by atoms with Gasteiger partial charge in [0.15, 0.2) is 17.5 Å². The Labute approximate surface area is 190 Å². The van der Waals surface area contributed by atoms with Gasteiger partial charge in [0, 0.05) is 46.3 Å². The monoisotopic (exact) mass is 442 g/mol. The minimum absolute atomic E-state index is 0.288. The topological polar surface area (TPSA) is 65.0 Å². The van der Waals surface area contributed by atoms with Crippen molar-refractivity contribution in [2.45, 2.75) is 38.9 Å². The van der Waals surface area contributed by atoms with E-state index >= 15 is 0 Å². The molecule has 174 valence electrons. The molecule has 1 aromatic heterocycles. The summed E-state index contributed by atoms with van der Waals surface area (Å²) in [4.78, 5) is 13.7. The van der Waals surface area contributed by atoms with Gasteiger partial charge >= 0.3 is 0 Å².